The van der Waals surface area contributed by atoms with Crippen molar-refractivity contribution in [2.45, 2.75) is 20.0 Å². The van der Waals surface area contributed by atoms with Gasteiger partial charge in [-0.25, -0.2) is 9.78 Å². The van der Waals surface area contributed by atoms with Crippen LogP contribution < -0.4 is 15.8 Å². The van der Waals surface area contributed by atoms with Crippen molar-refractivity contribution in [2.75, 3.05) is 12.3 Å². The second-order valence-electron chi connectivity index (χ2n) is 5.48. The van der Waals surface area contributed by atoms with E-state index in [2.05, 4.69) is 15.3 Å². The van der Waals surface area contributed by atoms with E-state index in [0.717, 1.165) is 0 Å². The van der Waals surface area contributed by atoms with Gasteiger partial charge in [-0.1, -0.05) is 12.1 Å². The number of hydrogen-bond acceptors (Lipinski definition) is 7. The third-order valence-corrected chi connectivity index (χ3v) is 3.32. The van der Waals surface area contributed by atoms with Crippen LogP contribution in [-0.4, -0.2) is 39.6 Å². The second-order valence-corrected chi connectivity index (χ2v) is 5.48. The van der Waals surface area contributed by atoms with Gasteiger partial charge in [-0.3, -0.25) is 4.79 Å². The quantitative estimate of drug-likeness (QED) is 0.699. The number of nitrogens with two attached hydrogens (primary N) is 1. The van der Waals surface area contributed by atoms with Crippen LogP contribution in [0, 0.1) is 11.3 Å². The summed E-state index contributed by atoms with van der Waals surface area (Å²) < 4.78 is 5.57. The van der Waals surface area contributed by atoms with Crippen molar-refractivity contribution < 1.29 is 19.4 Å². The first kappa shape index (κ1) is 18.7. The number of rotatable bonds is 6. The molecule has 4 N–H and O–H groups in total. The smallest absolute Gasteiger partial charge is 0.345 e. The van der Waals surface area contributed by atoms with Crippen molar-refractivity contribution in [3.05, 3.63) is 35.4 Å². The lowest BCUT2D eigenvalue weighted by Gasteiger charge is -2.17. The molecule has 1 unspecified atom stereocenters. The molecule has 9 nitrogen and oxygen atoms in total. The molecular weight excluding hydrogens is 338 g/mol. The van der Waals surface area contributed by atoms with Crippen LogP contribution in [0.2, 0.25) is 0 Å². The molecule has 0 aliphatic carbocycles. The normalized spacial score (nSPS) is 11.3. The first-order valence-electron chi connectivity index (χ1n) is 7.64. The Morgan fingerprint density at radius 2 is 2.15 bits per heavy atom. The molecular formula is C17H17N5O4. The highest BCUT2D eigenvalue weighted by Crippen LogP contribution is 2.27. The number of carbonyl (C=O) groups excluding carboxylic acids is 1. The molecule has 0 aliphatic rings. The fraction of sp³-hybridized carbons (Fsp3) is 0.235. The number of aromatic nitrogens is 2. The summed E-state index contributed by atoms with van der Waals surface area (Å²) in [4.78, 5) is 30.6. The Hall–Kier alpha value is -3.67. The van der Waals surface area contributed by atoms with Gasteiger partial charge in [0.2, 0.25) is 11.8 Å². The van der Waals surface area contributed by atoms with Crippen LogP contribution in [0.15, 0.2) is 24.3 Å². The van der Waals surface area contributed by atoms with E-state index in [1.165, 1.54) is 6.92 Å². The number of anilines is 1. The number of nitrogens with zero attached hydrogens (tertiary/aromatic N) is 3. The molecule has 26 heavy (non-hydrogen) atoms. The zero-order valence-corrected chi connectivity index (χ0v) is 14.2. The topological polar surface area (TPSA) is 151 Å². The molecule has 1 heterocycles. The van der Waals surface area contributed by atoms with Crippen molar-refractivity contribution in [1.29, 1.82) is 5.26 Å². The summed E-state index contributed by atoms with van der Waals surface area (Å²) in [6, 6.07) is 8.49. The average molecular weight is 355 g/mol. The van der Waals surface area contributed by atoms with E-state index < -0.39 is 12.1 Å². The van der Waals surface area contributed by atoms with Gasteiger partial charge in [0.1, 0.15) is 11.9 Å². The molecule has 1 aromatic heterocycles. The number of nitrogen functional groups attached to an aromatic ring is 1. The summed E-state index contributed by atoms with van der Waals surface area (Å²) in [6.07, 6.45) is -0.551. The van der Waals surface area contributed by atoms with Crippen molar-refractivity contribution >= 4 is 17.7 Å². The predicted octanol–water partition coefficient (Wildman–Crippen LogP) is 1.20. The highest BCUT2D eigenvalue weighted by Gasteiger charge is 2.22. The zero-order valence-electron chi connectivity index (χ0n) is 14.2. The summed E-state index contributed by atoms with van der Waals surface area (Å²) in [5.74, 6) is -1.91. The van der Waals surface area contributed by atoms with Gasteiger partial charge < -0.3 is 20.9 Å². The molecule has 0 saturated carbocycles. The molecule has 0 fully saturated rings. The van der Waals surface area contributed by atoms with E-state index in [4.69, 9.17) is 15.7 Å². The number of aromatic carboxylic acids is 1. The molecule has 0 saturated heterocycles. The number of nitriles is 1. The molecule has 2 rings (SSSR count). The summed E-state index contributed by atoms with van der Waals surface area (Å²) in [6.45, 7) is 3.17. The van der Waals surface area contributed by atoms with Crippen LogP contribution in [0.4, 0.5) is 5.82 Å². The van der Waals surface area contributed by atoms with Gasteiger partial charge in [0.25, 0.3) is 0 Å². The Balaban J connectivity index is 2.44. The van der Waals surface area contributed by atoms with Crippen LogP contribution >= 0.6 is 0 Å². The van der Waals surface area contributed by atoms with Gasteiger partial charge in [-0.05, 0) is 19.1 Å². The maximum absolute atomic E-state index is 11.5. The maximum Gasteiger partial charge on any atom is 0.345 e. The number of nitrogens with one attached hydrogen (secondary N) is 1. The van der Waals surface area contributed by atoms with Crippen molar-refractivity contribution in [3.63, 3.8) is 0 Å². The van der Waals surface area contributed by atoms with E-state index >= 15 is 0 Å². The Morgan fingerprint density at radius 3 is 2.77 bits per heavy atom. The molecule has 0 radical (unpaired) electrons. The van der Waals surface area contributed by atoms with Crippen molar-refractivity contribution in [1.82, 2.24) is 15.3 Å². The standard InChI is InChI=1S/C17H17N5O4/c1-9(8-20-10(2)23)26-16-13(17(24)25)14(19)21-15(22-16)12-5-3-4-11(6-12)7-18/h3-6,9H,8H2,1-2H3,(H,20,23)(H,24,25)(H2,19,21,22). The van der Waals surface area contributed by atoms with E-state index in [1.54, 1.807) is 31.2 Å². The maximum atomic E-state index is 11.5. The van der Waals surface area contributed by atoms with Crippen LogP contribution in [0.5, 0.6) is 5.88 Å². The molecule has 1 aromatic carbocycles. The number of carboxylic acids is 1. The molecule has 9 heteroatoms. The highest BCUT2D eigenvalue weighted by molar-refractivity contribution is 5.95. The van der Waals surface area contributed by atoms with Gasteiger partial charge in [0.15, 0.2) is 11.4 Å². The fourth-order valence-electron chi connectivity index (χ4n) is 2.12. The third kappa shape index (κ3) is 4.45. The number of carboxylic acid groups (broad SMARTS) is 1. The SMILES string of the molecule is CC(=O)NCC(C)Oc1nc(-c2cccc(C#N)c2)nc(N)c1C(=O)O. The molecule has 1 atom stereocenters. The summed E-state index contributed by atoms with van der Waals surface area (Å²) in [5.41, 5.74) is 6.31. The molecule has 134 valence electrons. The summed E-state index contributed by atoms with van der Waals surface area (Å²) in [5, 5.41) is 20.9. The van der Waals surface area contributed by atoms with Gasteiger partial charge in [-0.2, -0.15) is 10.2 Å². The Kier molecular flexibility index (Phi) is 5.70. The summed E-state index contributed by atoms with van der Waals surface area (Å²) in [7, 11) is 0. The van der Waals surface area contributed by atoms with Gasteiger partial charge >= 0.3 is 5.97 Å². The number of amides is 1. The number of carbonyl (C=O) groups is 2. The van der Waals surface area contributed by atoms with Crippen molar-refractivity contribution in [3.8, 4) is 23.3 Å². The first-order chi connectivity index (χ1) is 12.3. The minimum atomic E-state index is -1.33. The molecule has 2 aromatic rings. The Morgan fingerprint density at radius 1 is 1.42 bits per heavy atom. The lowest BCUT2D eigenvalue weighted by molar-refractivity contribution is -0.119. The second kappa shape index (κ2) is 7.94. The highest BCUT2D eigenvalue weighted by atomic mass is 16.5. The Labute approximate surface area is 149 Å². The minimum Gasteiger partial charge on any atom is -0.477 e. The van der Waals surface area contributed by atoms with Gasteiger partial charge in [-0.15, -0.1) is 0 Å². The Bertz CT molecular complexity index is 891. The summed E-state index contributed by atoms with van der Waals surface area (Å²) >= 11 is 0. The number of hydrogen-bond donors (Lipinski definition) is 3. The van der Waals surface area contributed by atoms with Crippen LogP contribution in [0.1, 0.15) is 29.8 Å². The fourth-order valence-corrected chi connectivity index (χ4v) is 2.12. The van der Waals surface area contributed by atoms with Crippen LogP contribution in [-0.2, 0) is 4.79 Å². The van der Waals surface area contributed by atoms with Crippen LogP contribution in [0.25, 0.3) is 11.4 Å². The first-order valence-corrected chi connectivity index (χ1v) is 7.64. The molecule has 1 amide bonds. The predicted molar refractivity (Wildman–Crippen MR) is 92.3 cm³/mol. The minimum absolute atomic E-state index is 0.131. The molecule has 0 bridgehead atoms. The van der Waals surface area contributed by atoms with Gasteiger partial charge in [0.05, 0.1) is 18.2 Å². The monoisotopic (exact) mass is 355 g/mol. The van der Waals surface area contributed by atoms with E-state index in [9.17, 15) is 14.7 Å². The van der Waals surface area contributed by atoms with E-state index in [0.29, 0.717) is 11.1 Å². The van der Waals surface area contributed by atoms with Crippen molar-refractivity contribution in [2.24, 2.45) is 0 Å². The lowest BCUT2D eigenvalue weighted by Crippen LogP contribution is -2.32. The lowest BCUT2D eigenvalue weighted by atomic mass is 10.1. The van der Waals surface area contributed by atoms with Gasteiger partial charge in [0, 0.05) is 12.5 Å². The molecule has 0 aliphatic heterocycles. The number of benzene rings is 1. The van der Waals surface area contributed by atoms with E-state index in [1.807, 2.05) is 6.07 Å². The largest absolute Gasteiger partial charge is 0.477 e. The third-order valence-electron chi connectivity index (χ3n) is 3.32. The zero-order chi connectivity index (χ0) is 19.3. The van der Waals surface area contributed by atoms with Crippen LogP contribution in [0.3, 0.4) is 0 Å². The molecule has 0 spiro atoms. The average Bonchev–Trinajstić information content (AvgIpc) is 2.59. The number of ether oxygens (including phenoxy) is 1. The van der Waals surface area contributed by atoms with E-state index in [-0.39, 0.29) is 35.5 Å².